The number of nitrogens with two attached hydrogens (primary N) is 1. The standard InChI is InChI=1S/C16H17ClF3N3O2/c17-12-7-10(1-2-11(12)16(18,19)20)15(24)23-5-3-9(4-6-23)13-8-14(21)25-22-13/h7-9H,1-6,21H2. The predicted molar refractivity (Wildman–Crippen MR) is 85.7 cm³/mol. The Balaban J connectivity index is 1.64. The van der Waals surface area contributed by atoms with Crippen LogP contribution in [0.5, 0.6) is 0 Å². The van der Waals surface area contributed by atoms with Crippen molar-refractivity contribution >= 4 is 23.4 Å². The van der Waals surface area contributed by atoms with E-state index in [9.17, 15) is 18.0 Å². The molecule has 2 heterocycles. The normalized spacial score (nSPS) is 20.0. The number of piperidine rings is 1. The second-order valence-corrected chi connectivity index (χ2v) is 6.62. The number of aromatic nitrogens is 1. The molecule has 5 nitrogen and oxygen atoms in total. The highest BCUT2D eigenvalue weighted by molar-refractivity contribution is 6.32. The van der Waals surface area contributed by atoms with E-state index in [0.29, 0.717) is 31.5 Å². The van der Waals surface area contributed by atoms with Crippen molar-refractivity contribution in [3.63, 3.8) is 0 Å². The van der Waals surface area contributed by atoms with Gasteiger partial charge in [-0.05, 0) is 31.8 Å². The van der Waals surface area contributed by atoms with E-state index in [1.807, 2.05) is 0 Å². The number of carbonyl (C=O) groups excluding carboxylic acids is 1. The zero-order valence-corrected chi connectivity index (χ0v) is 14.0. The number of nitrogen functional groups attached to an aromatic ring is 1. The molecule has 2 N–H and O–H groups in total. The summed E-state index contributed by atoms with van der Waals surface area (Å²) in [5.41, 5.74) is 5.83. The van der Waals surface area contributed by atoms with E-state index in [-0.39, 0.29) is 30.6 Å². The van der Waals surface area contributed by atoms with Gasteiger partial charge < -0.3 is 15.2 Å². The van der Waals surface area contributed by atoms with E-state index in [2.05, 4.69) is 5.16 Å². The van der Waals surface area contributed by atoms with Crippen LogP contribution in [0.4, 0.5) is 19.1 Å². The van der Waals surface area contributed by atoms with Crippen molar-refractivity contribution in [3.05, 3.63) is 34.0 Å². The topological polar surface area (TPSA) is 72.4 Å². The van der Waals surface area contributed by atoms with E-state index in [4.69, 9.17) is 21.9 Å². The van der Waals surface area contributed by atoms with Gasteiger partial charge in [0.2, 0.25) is 11.8 Å². The first-order chi connectivity index (χ1) is 11.8. The highest BCUT2D eigenvalue weighted by Crippen LogP contribution is 2.38. The Hall–Kier alpha value is -1.96. The first-order valence-electron chi connectivity index (χ1n) is 7.93. The van der Waals surface area contributed by atoms with Crippen molar-refractivity contribution in [2.24, 2.45) is 0 Å². The van der Waals surface area contributed by atoms with Crippen molar-refractivity contribution in [1.82, 2.24) is 10.1 Å². The van der Waals surface area contributed by atoms with Crippen LogP contribution < -0.4 is 5.73 Å². The van der Waals surface area contributed by atoms with Crippen molar-refractivity contribution in [2.75, 3.05) is 18.8 Å². The van der Waals surface area contributed by atoms with Gasteiger partial charge in [0.05, 0.1) is 11.3 Å². The molecule has 3 rings (SSSR count). The van der Waals surface area contributed by atoms with Gasteiger partial charge in [-0.25, -0.2) is 0 Å². The van der Waals surface area contributed by atoms with Gasteiger partial charge in [0.1, 0.15) is 0 Å². The quantitative estimate of drug-likeness (QED) is 0.854. The van der Waals surface area contributed by atoms with Gasteiger partial charge in [0.25, 0.3) is 0 Å². The van der Waals surface area contributed by atoms with Crippen LogP contribution in [0.15, 0.2) is 32.8 Å². The molecule has 9 heteroatoms. The Bertz CT molecular complexity index is 731. The molecule has 0 bridgehead atoms. The lowest BCUT2D eigenvalue weighted by Crippen LogP contribution is -2.39. The number of likely N-dealkylation sites (tertiary alicyclic amines) is 1. The second-order valence-electron chi connectivity index (χ2n) is 6.21. The number of nitrogens with zero attached hydrogens (tertiary/aromatic N) is 2. The van der Waals surface area contributed by atoms with E-state index < -0.39 is 16.8 Å². The zero-order chi connectivity index (χ0) is 18.2. The maximum absolute atomic E-state index is 12.8. The molecule has 136 valence electrons. The fourth-order valence-electron chi connectivity index (χ4n) is 3.21. The number of allylic oxidation sites excluding steroid dienone is 3. The summed E-state index contributed by atoms with van der Waals surface area (Å²) in [7, 11) is 0. The number of carbonyl (C=O) groups is 1. The molecule has 25 heavy (non-hydrogen) atoms. The number of hydrogen-bond acceptors (Lipinski definition) is 4. The Morgan fingerprint density at radius 1 is 1.32 bits per heavy atom. The molecule has 1 aromatic rings. The van der Waals surface area contributed by atoms with Crippen LogP contribution in [0.1, 0.15) is 37.3 Å². The van der Waals surface area contributed by atoms with Gasteiger partial charge in [0, 0.05) is 35.7 Å². The lowest BCUT2D eigenvalue weighted by atomic mass is 9.92. The molecule has 0 spiro atoms. The smallest absolute Gasteiger partial charge is 0.368 e. The first-order valence-corrected chi connectivity index (χ1v) is 8.31. The van der Waals surface area contributed by atoms with Crippen LogP contribution in [0.2, 0.25) is 0 Å². The Labute approximate surface area is 147 Å². The van der Waals surface area contributed by atoms with Crippen molar-refractivity contribution in [1.29, 1.82) is 0 Å². The summed E-state index contributed by atoms with van der Waals surface area (Å²) in [6.45, 7) is 1.00. The number of halogens is 4. The number of alkyl halides is 3. The summed E-state index contributed by atoms with van der Waals surface area (Å²) >= 11 is 5.73. The molecule has 1 aliphatic heterocycles. The third kappa shape index (κ3) is 3.84. The molecule has 0 atom stereocenters. The minimum Gasteiger partial charge on any atom is -0.368 e. The van der Waals surface area contributed by atoms with Crippen LogP contribution >= 0.6 is 11.6 Å². The average molecular weight is 376 g/mol. The minimum atomic E-state index is -4.46. The van der Waals surface area contributed by atoms with Crippen LogP contribution in [-0.2, 0) is 4.79 Å². The lowest BCUT2D eigenvalue weighted by molar-refractivity contribution is -0.128. The second kappa shape index (κ2) is 6.74. The monoisotopic (exact) mass is 375 g/mol. The fraction of sp³-hybridized carbons (Fsp3) is 0.500. The predicted octanol–water partition coefficient (Wildman–Crippen LogP) is 3.74. The molecule has 1 aliphatic carbocycles. The zero-order valence-electron chi connectivity index (χ0n) is 13.3. The van der Waals surface area contributed by atoms with Crippen molar-refractivity contribution in [2.45, 2.75) is 37.8 Å². The number of amides is 1. The van der Waals surface area contributed by atoms with E-state index >= 15 is 0 Å². The molecule has 0 saturated carbocycles. The number of rotatable bonds is 2. The summed E-state index contributed by atoms with van der Waals surface area (Å²) in [5.74, 6) is 0.158. The van der Waals surface area contributed by atoms with Crippen molar-refractivity contribution < 1.29 is 22.5 Å². The maximum atomic E-state index is 12.8. The Morgan fingerprint density at radius 2 is 2.00 bits per heavy atom. The summed E-state index contributed by atoms with van der Waals surface area (Å²) in [6, 6.07) is 1.68. The highest BCUT2D eigenvalue weighted by atomic mass is 35.5. The molecule has 1 saturated heterocycles. The van der Waals surface area contributed by atoms with Gasteiger partial charge in [-0.1, -0.05) is 16.8 Å². The molecule has 1 aromatic heterocycles. The summed E-state index contributed by atoms with van der Waals surface area (Å²) in [5, 5.41) is 3.50. The number of anilines is 1. The minimum absolute atomic E-state index is 0.0453. The number of hydrogen-bond donors (Lipinski definition) is 1. The molecule has 0 radical (unpaired) electrons. The highest BCUT2D eigenvalue weighted by Gasteiger charge is 2.38. The molecule has 0 aromatic carbocycles. The largest absolute Gasteiger partial charge is 0.414 e. The molecule has 1 fully saturated rings. The van der Waals surface area contributed by atoms with Gasteiger partial charge in [-0.15, -0.1) is 0 Å². The SMILES string of the molecule is Nc1cc(C2CCN(C(=O)C3=CC(Cl)=C(C(F)(F)F)CC3)CC2)no1. The van der Waals surface area contributed by atoms with Gasteiger partial charge in [-0.3, -0.25) is 4.79 Å². The van der Waals surface area contributed by atoms with Gasteiger partial charge in [0.15, 0.2) is 0 Å². The van der Waals surface area contributed by atoms with Gasteiger partial charge in [-0.2, -0.15) is 13.2 Å². The molecule has 1 amide bonds. The summed E-state index contributed by atoms with van der Waals surface area (Å²) in [4.78, 5) is 14.2. The molecular formula is C16H17ClF3N3O2. The van der Waals surface area contributed by atoms with Crippen LogP contribution in [0, 0.1) is 0 Å². The van der Waals surface area contributed by atoms with Crippen LogP contribution in [-0.4, -0.2) is 35.2 Å². The first kappa shape index (κ1) is 17.8. The molecule has 2 aliphatic rings. The maximum Gasteiger partial charge on any atom is 0.414 e. The fourth-order valence-corrected chi connectivity index (χ4v) is 3.55. The average Bonchev–Trinajstić information content (AvgIpc) is 2.99. The lowest BCUT2D eigenvalue weighted by Gasteiger charge is -2.32. The third-order valence-corrected chi connectivity index (χ3v) is 4.93. The summed E-state index contributed by atoms with van der Waals surface area (Å²) < 4.78 is 43.2. The van der Waals surface area contributed by atoms with E-state index in [1.165, 1.54) is 0 Å². The molecule has 0 unspecified atom stereocenters. The third-order valence-electron chi connectivity index (χ3n) is 4.60. The van der Waals surface area contributed by atoms with Crippen LogP contribution in [0.3, 0.4) is 0 Å². The van der Waals surface area contributed by atoms with Crippen molar-refractivity contribution in [3.8, 4) is 0 Å². The van der Waals surface area contributed by atoms with Crippen LogP contribution in [0.25, 0.3) is 0 Å². The Morgan fingerprint density at radius 3 is 2.52 bits per heavy atom. The van der Waals surface area contributed by atoms with E-state index in [1.54, 1.807) is 11.0 Å². The molecular weight excluding hydrogens is 359 g/mol. The Kier molecular flexibility index (Phi) is 4.81. The van der Waals surface area contributed by atoms with E-state index in [0.717, 1.165) is 11.8 Å². The summed E-state index contributed by atoms with van der Waals surface area (Å²) in [6.07, 6.45) is -2.14. The van der Waals surface area contributed by atoms with Gasteiger partial charge >= 0.3 is 6.18 Å².